The molecule has 0 radical (unpaired) electrons. The van der Waals surface area contributed by atoms with Crippen LogP contribution in [0.1, 0.15) is 0 Å². The molecule has 5 nitrogen and oxygen atoms in total. The SMILES string of the molecule is Nc1nc2c(F)cccc2n1CC1COCCO1. The average Bonchev–Trinajstić information content (AvgIpc) is 2.70. The quantitative estimate of drug-likeness (QED) is 0.870. The van der Waals surface area contributed by atoms with E-state index in [2.05, 4.69) is 4.98 Å². The molecule has 1 aromatic heterocycles. The molecule has 0 spiro atoms. The summed E-state index contributed by atoms with van der Waals surface area (Å²) in [4.78, 5) is 4.05. The van der Waals surface area contributed by atoms with E-state index in [0.717, 1.165) is 0 Å². The van der Waals surface area contributed by atoms with E-state index in [4.69, 9.17) is 15.2 Å². The highest BCUT2D eigenvalue weighted by atomic mass is 19.1. The van der Waals surface area contributed by atoms with Crippen molar-refractivity contribution in [2.45, 2.75) is 12.6 Å². The Hall–Kier alpha value is -1.66. The van der Waals surface area contributed by atoms with Crippen molar-refractivity contribution in [1.82, 2.24) is 9.55 Å². The van der Waals surface area contributed by atoms with E-state index in [1.165, 1.54) is 6.07 Å². The summed E-state index contributed by atoms with van der Waals surface area (Å²) in [6.45, 7) is 2.23. The van der Waals surface area contributed by atoms with Gasteiger partial charge in [0, 0.05) is 0 Å². The van der Waals surface area contributed by atoms with Crippen molar-refractivity contribution in [1.29, 1.82) is 0 Å². The van der Waals surface area contributed by atoms with Gasteiger partial charge in [0.25, 0.3) is 0 Å². The average molecular weight is 251 g/mol. The van der Waals surface area contributed by atoms with Crippen LogP contribution in [0.5, 0.6) is 0 Å². The molecule has 0 bridgehead atoms. The van der Waals surface area contributed by atoms with Gasteiger partial charge in [-0.1, -0.05) is 6.07 Å². The second-order valence-electron chi connectivity index (χ2n) is 4.26. The Morgan fingerprint density at radius 1 is 1.44 bits per heavy atom. The number of para-hydroxylation sites is 1. The summed E-state index contributed by atoms with van der Waals surface area (Å²) in [6, 6.07) is 4.82. The fourth-order valence-electron chi connectivity index (χ4n) is 2.17. The van der Waals surface area contributed by atoms with E-state index < -0.39 is 0 Å². The topological polar surface area (TPSA) is 62.3 Å². The van der Waals surface area contributed by atoms with Gasteiger partial charge in [-0.05, 0) is 12.1 Å². The molecule has 96 valence electrons. The molecule has 2 heterocycles. The minimum absolute atomic E-state index is 0.0679. The number of aromatic nitrogens is 2. The minimum Gasteiger partial charge on any atom is -0.376 e. The lowest BCUT2D eigenvalue weighted by Gasteiger charge is -2.23. The molecule has 18 heavy (non-hydrogen) atoms. The molecule has 1 aliphatic rings. The van der Waals surface area contributed by atoms with Crippen LogP contribution in [-0.4, -0.2) is 35.5 Å². The molecule has 2 N–H and O–H groups in total. The lowest BCUT2D eigenvalue weighted by atomic mass is 10.3. The number of nitrogens with zero attached hydrogens (tertiary/aromatic N) is 2. The first-order valence-electron chi connectivity index (χ1n) is 5.85. The van der Waals surface area contributed by atoms with Crippen LogP contribution in [0.15, 0.2) is 18.2 Å². The zero-order valence-corrected chi connectivity index (χ0v) is 9.80. The smallest absolute Gasteiger partial charge is 0.201 e. The summed E-state index contributed by atoms with van der Waals surface area (Å²) >= 11 is 0. The Kier molecular flexibility index (Phi) is 2.89. The lowest BCUT2D eigenvalue weighted by Crippen LogP contribution is -2.32. The third kappa shape index (κ3) is 1.93. The van der Waals surface area contributed by atoms with Gasteiger partial charge in [-0.2, -0.15) is 0 Å². The van der Waals surface area contributed by atoms with E-state index in [0.29, 0.717) is 43.3 Å². The second-order valence-corrected chi connectivity index (χ2v) is 4.26. The zero-order chi connectivity index (χ0) is 12.5. The van der Waals surface area contributed by atoms with Gasteiger partial charge in [-0.3, -0.25) is 0 Å². The molecule has 0 aliphatic carbocycles. The van der Waals surface area contributed by atoms with Gasteiger partial charge in [0.15, 0.2) is 5.82 Å². The minimum atomic E-state index is -0.362. The zero-order valence-electron chi connectivity index (χ0n) is 9.80. The third-order valence-corrected chi connectivity index (χ3v) is 3.03. The predicted molar refractivity (Wildman–Crippen MR) is 64.7 cm³/mol. The first kappa shape index (κ1) is 11.4. The Bertz CT molecular complexity index is 564. The molecule has 0 amide bonds. The van der Waals surface area contributed by atoms with E-state index in [-0.39, 0.29) is 11.9 Å². The molecule has 3 rings (SSSR count). The number of fused-ring (bicyclic) bond motifs is 1. The third-order valence-electron chi connectivity index (χ3n) is 3.03. The maximum atomic E-state index is 13.6. The number of hydrogen-bond donors (Lipinski definition) is 1. The van der Waals surface area contributed by atoms with Crippen LogP contribution in [0, 0.1) is 5.82 Å². The van der Waals surface area contributed by atoms with Gasteiger partial charge in [0.1, 0.15) is 5.52 Å². The van der Waals surface area contributed by atoms with Crippen molar-refractivity contribution in [2.24, 2.45) is 0 Å². The van der Waals surface area contributed by atoms with Gasteiger partial charge in [-0.25, -0.2) is 9.37 Å². The van der Waals surface area contributed by atoms with Crippen molar-refractivity contribution in [3.05, 3.63) is 24.0 Å². The van der Waals surface area contributed by atoms with Crippen molar-refractivity contribution in [3.63, 3.8) is 0 Å². The van der Waals surface area contributed by atoms with Gasteiger partial charge < -0.3 is 19.8 Å². The van der Waals surface area contributed by atoms with Crippen LogP contribution in [0.4, 0.5) is 10.3 Å². The Labute approximate surface area is 103 Å². The number of imidazole rings is 1. The van der Waals surface area contributed by atoms with Crippen LogP contribution in [0.25, 0.3) is 11.0 Å². The van der Waals surface area contributed by atoms with E-state index in [9.17, 15) is 4.39 Å². The summed E-state index contributed by atoms with van der Waals surface area (Å²) in [5, 5.41) is 0. The maximum absolute atomic E-state index is 13.6. The molecule has 2 aromatic rings. The van der Waals surface area contributed by atoms with E-state index >= 15 is 0 Å². The van der Waals surface area contributed by atoms with Gasteiger partial charge in [0.05, 0.1) is 38.0 Å². The van der Waals surface area contributed by atoms with Crippen LogP contribution in [-0.2, 0) is 16.0 Å². The number of hydrogen-bond acceptors (Lipinski definition) is 4. The number of nitrogens with two attached hydrogens (primary N) is 1. The van der Waals surface area contributed by atoms with Gasteiger partial charge >= 0.3 is 0 Å². The van der Waals surface area contributed by atoms with Crippen LogP contribution < -0.4 is 5.73 Å². The standard InChI is InChI=1S/C12H14FN3O2/c13-9-2-1-3-10-11(9)15-12(14)16(10)6-8-7-17-4-5-18-8/h1-3,8H,4-7H2,(H2,14,15). The second kappa shape index (κ2) is 4.55. The number of halogens is 1. The predicted octanol–water partition coefficient (Wildman–Crippen LogP) is 1.17. The van der Waals surface area contributed by atoms with Crippen molar-refractivity contribution in [2.75, 3.05) is 25.6 Å². The molecule has 1 saturated heterocycles. The number of anilines is 1. The van der Waals surface area contributed by atoms with Crippen LogP contribution >= 0.6 is 0 Å². The molecule has 1 unspecified atom stereocenters. The summed E-state index contributed by atoms with van der Waals surface area (Å²) in [5.74, 6) is -0.0666. The van der Waals surface area contributed by atoms with Crippen molar-refractivity contribution in [3.8, 4) is 0 Å². The van der Waals surface area contributed by atoms with Gasteiger partial charge in [0.2, 0.25) is 5.95 Å². The molecule has 1 atom stereocenters. The summed E-state index contributed by atoms with van der Waals surface area (Å²) in [6.07, 6.45) is -0.0679. The number of nitrogen functional groups attached to an aromatic ring is 1. The van der Waals surface area contributed by atoms with Crippen LogP contribution in [0.3, 0.4) is 0 Å². The Balaban J connectivity index is 1.95. The van der Waals surface area contributed by atoms with Gasteiger partial charge in [-0.15, -0.1) is 0 Å². The highest BCUT2D eigenvalue weighted by molar-refractivity contribution is 5.78. The van der Waals surface area contributed by atoms with Crippen LogP contribution in [0.2, 0.25) is 0 Å². The largest absolute Gasteiger partial charge is 0.376 e. The first-order valence-corrected chi connectivity index (χ1v) is 5.85. The molecule has 1 aromatic carbocycles. The molecular formula is C12H14FN3O2. The Morgan fingerprint density at radius 2 is 2.33 bits per heavy atom. The van der Waals surface area contributed by atoms with Crippen molar-refractivity contribution < 1.29 is 13.9 Å². The molecular weight excluding hydrogens is 237 g/mol. The fourth-order valence-corrected chi connectivity index (χ4v) is 2.17. The highest BCUT2D eigenvalue weighted by Crippen LogP contribution is 2.21. The molecule has 1 aliphatic heterocycles. The van der Waals surface area contributed by atoms with Crippen molar-refractivity contribution >= 4 is 17.0 Å². The lowest BCUT2D eigenvalue weighted by molar-refractivity contribution is -0.0930. The molecule has 0 saturated carbocycles. The molecule has 6 heteroatoms. The maximum Gasteiger partial charge on any atom is 0.201 e. The Morgan fingerprint density at radius 3 is 3.11 bits per heavy atom. The highest BCUT2D eigenvalue weighted by Gasteiger charge is 2.19. The first-order chi connectivity index (χ1) is 8.75. The number of ether oxygens (including phenoxy) is 2. The monoisotopic (exact) mass is 251 g/mol. The summed E-state index contributed by atoms with van der Waals surface area (Å²) < 4.78 is 26.2. The molecule has 1 fully saturated rings. The number of rotatable bonds is 2. The summed E-state index contributed by atoms with van der Waals surface area (Å²) in [7, 11) is 0. The fraction of sp³-hybridized carbons (Fsp3) is 0.417. The normalized spacial score (nSPS) is 20.4. The van der Waals surface area contributed by atoms with E-state index in [1.54, 1.807) is 16.7 Å². The number of benzene rings is 1. The summed E-state index contributed by atoms with van der Waals surface area (Å²) in [5.41, 5.74) is 6.81. The van der Waals surface area contributed by atoms with E-state index in [1.807, 2.05) is 0 Å².